The lowest BCUT2D eigenvalue weighted by atomic mass is 9.94. The molecule has 0 spiro atoms. The van der Waals surface area contributed by atoms with Gasteiger partial charge in [-0.05, 0) is 115 Å². The van der Waals surface area contributed by atoms with Crippen LogP contribution in [0.4, 0.5) is 17.1 Å². The summed E-state index contributed by atoms with van der Waals surface area (Å²) in [6.45, 7) is 0. The van der Waals surface area contributed by atoms with Crippen LogP contribution in [0.15, 0.2) is 255 Å². The van der Waals surface area contributed by atoms with Crippen molar-refractivity contribution in [2.75, 3.05) is 4.90 Å². The maximum atomic E-state index is 2.38. The van der Waals surface area contributed by atoms with Crippen LogP contribution in [0.25, 0.3) is 93.6 Å². The van der Waals surface area contributed by atoms with Crippen molar-refractivity contribution >= 4 is 55.0 Å². The van der Waals surface area contributed by atoms with Gasteiger partial charge in [0.25, 0.3) is 0 Å². The molecular weight excluding hydrogens is 773 g/mol. The van der Waals surface area contributed by atoms with Gasteiger partial charge in [0.1, 0.15) is 0 Å². The van der Waals surface area contributed by atoms with Crippen molar-refractivity contribution in [3.8, 4) is 55.6 Å². The molecule has 300 valence electrons. The van der Waals surface area contributed by atoms with E-state index < -0.39 is 0 Å². The van der Waals surface area contributed by atoms with Gasteiger partial charge >= 0.3 is 0 Å². The fourth-order valence-corrected chi connectivity index (χ4v) is 9.71. The molecule has 0 amide bonds. The summed E-state index contributed by atoms with van der Waals surface area (Å²) in [5.74, 6) is 0. The van der Waals surface area contributed by atoms with Gasteiger partial charge in [0.15, 0.2) is 0 Å². The maximum absolute atomic E-state index is 2.38. The Morgan fingerprint density at radius 2 is 0.703 bits per heavy atom. The van der Waals surface area contributed by atoms with Crippen LogP contribution >= 0.6 is 0 Å². The minimum atomic E-state index is 1.09. The van der Waals surface area contributed by atoms with Crippen molar-refractivity contribution in [2.24, 2.45) is 0 Å². The van der Waals surface area contributed by atoms with E-state index in [0.29, 0.717) is 0 Å². The summed E-state index contributed by atoms with van der Waals surface area (Å²) in [7, 11) is 0. The number of hydrogen-bond donors (Lipinski definition) is 0. The van der Waals surface area contributed by atoms with Gasteiger partial charge in [0.2, 0.25) is 0 Å². The smallest absolute Gasteiger partial charge is 0.0619 e. The minimum absolute atomic E-state index is 1.09. The number of benzene rings is 10. The predicted molar refractivity (Wildman–Crippen MR) is 272 cm³/mol. The van der Waals surface area contributed by atoms with E-state index >= 15 is 0 Å². The maximum Gasteiger partial charge on any atom is 0.0619 e. The average molecular weight is 815 g/mol. The van der Waals surface area contributed by atoms with Crippen molar-refractivity contribution < 1.29 is 0 Å². The zero-order valence-corrected chi connectivity index (χ0v) is 35.1. The largest absolute Gasteiger partial charge is 0.315 e. The fourth-order valence-electron chi connectivity index (χ4n) is 9.71. The first-order valence-corrected chi connectivity index (χ1v) is 22.0. The molecule has 2 nitrogen and oxygen atoms in total. The van der Waals surface area contributed by atoms with Crippen molar-refractivity contribution in [1.29, 1.82) is 0 Å². The van der Waals surface area contributed by atoms with Gasteiger partial charge in [0, 0.05) is 39.6 Å². The number of pyridine rings is 1. The second-order valence-electron chi connectivity index (χ2n) is 16.5. The van der Waals surface area contributed by atoms with Crippen LogP contribution in [0.1, 0.15) is 0 Å². The molecule has 0 aliphatic carbocycles. The van der Waals surface area contributed by atoms with E-state index in [0.717, 1.165) is 17.1 Å². The Bertz CT molecular complexity index is 3600. The first kappa shape index (κ1) is 37.3. The quantitative estimate of drug-likeness (QED) is 0.148. The molecule has 2 heterocycles. The topological polar surface area (TPSA) is 7.65 Å². The van der Waals surface area contributed by atoms with E-state index in [9.17, 15) is 0 Å². The van der Waals surface area contributed by atoms with Gasteiger partial charge in [-0.1, -0.05) is 200 Å². The third kappa shape index (κ3) is 6.52. The molecule has 10 aromatic carbocycles. The van der Waals surface area contributed by atoms with E-state index in [4.69, 9.17) is 0 Å². The third-order valence-corrected chi connectivity index (χ3v) is 12.8. The first-order chi connectivity index (χ1) is 31.7. The first-order valence-electron chi connectivity index (χ1n) is 22.0. The lowest BCUT2D eigenvalue weighted by molar-refractivity contribution is 1.27. The molecular formula is C62H42N2. The van der Waals surface area contributed by atoms with E-state index in [1.165, 1.54) is 93.6 Å². The van der Waals surface area contributed by atoms with Crippen molar-refractivity contribution in [3.05, 3.63) is 255 Å². The molecule has 0 unspecified atom stereocenters. The van der Waals surface area contributed by atoms with Gasteiger partial charge < -0.3 is 9.30 Å². The van der Waals surface area contributed by atoms with E-state index in [1.54, 1.807) is 0 Å². The molecule has 0 N–H and O–H groups in total. The monoisotopic (exact) mass is 814 g/mol. The van der Waals surface area contributed by atoms with Crippen molar-refractivity contribution in [2.45, 2.75) is 0 Å². The predicted octanol–water partition coefficient (Wildman–Crippen LogP) is 17.2. The van der Waals surface area contributed by atoms with Crippen LogP contribution in [0, 0.1) is 0 Å². The molecule has 0 saturated carbocycles. The fraction of sp³-hybridized carbons (Fsp3) is 0. The highest BCUT2D eigenvalue weighted by Gasteiger charge is 2.20. The van der Waals surface area contributed by atoms with Crippen LogP contribution in [-0.4, -0.2) is 4.40 Å². The van der Waals surface area contributed by atoms with Crippen LogP contribution in [0.5, 0.6) is 0 Å². The van der Waals surface area contributed by atoms with Crippen LogP contribution in [-0.2, 0) is 0 Å². The standard InChI is InChI=1S/C62H42N2/c1-3-13-43(14-4-1)44-25-27-45(28-26-44)46-29-35-52(36-30-46)64(53-37-31-49(32-38-53)56-22-11-19-47-15-7-9-20-55(47)56)54-39-33-50(34-40-54)57-23-12-24-59-61(57)60(51-17-5-2-6-18-51)62-58-21-10-8-16-48(58)41-42-63(59)62/h1-42H. The molecule has 0 fully saturated rings. The summed E-state index contributed by atoms with van der Waals surface area (Å²) in [6.07, 6.45) is 2.23. The second-order valence-corrected chi connectivity index (χ2v) is 16.5. The molecule has 12 aromatic rings. The number of rotatable bonds is 8. The molecule has 0 aliphatic heterocycles. The summed E-state index contributed by atoms with van der Waals surface area (Å²) < 4.78 is 2.38. The molecule has 0 atom stereocenters. The normalized spacial score (nSPS) is 11.4. The molecule has 64 heavy (non-hydrogen) atoms. The van der Waals surface area contributed by atoms with E-state index in [2.05, 4.69) is 264 Å². The molecule has 2 heteroatoms. The highest BCUT2D eigenvalue weighted by Crippen LogP contribution is 2.45. The molecule has 2 aromatic heterocycles. The Labute approximate surface area is 373 Å². The lowest BCUT2D eigenvalue weighted by Crippen LogP contribution is -2.09. The van der Waals surface area contributed by atoms with Crippen molar-refractivity contribution in [3.63, 3.8) is 0 Å². The summed E-state index contributed by atoms with van der Waals surface area (Å²) in [5.41, 5.74) is 17.8. The van der Waals surface area contributed by atoms with Crippen molar-refractivity contribution in [1.82, 2.24) is 4.40 Å². The number of nitrogens with zero attached hydrogens (tertiary/aromatic N) is 2. The molecule has 0 radical (unpaired) electrons. The van der Waals surface area contributed by atoms with Gasteiger partial charge in [-0.3, -0.25) is 0 Å². The van der Waals surface area contributed by atoms with Gasteiger partial charge in [-0.15, -0.1) is 0 Å². The zero-order valence-electron chi connectivity index (χ0n) is 35.1. The molecule has 0 bridgehead atoms. The highest BCUT2D eigenvalue weighted by atomic mass is 15.1. The minimum Gasteiger partial charge on any atom is -0.315 e. The Morgan fingerprint density at radius 3 is 1.31 bits per heavy atom. The highest BCUT2D eigenvalue weighted by molar-refractivity contribution is 6.18. The number of aromatic nitrogens is 1. The average Bonchev–Trinajstić information content (AvgIpc) is 3.73. The van der Waals surface area contributed by atoms with Gasteiger partial charge in [-0.25, -0.2) is 0 Å². The molecule has 0 aliphatic rings. The summed E-state index contributed by atoms with van der Waals surface area (Å²) in [5, 5.41) is 6.24. The number of hydrogen-bond acceptors (Lipinski definition) is 1. The van der Waals surface area contributed by atoms with Gasteiger partial charge in [-0.2, -0.15) is 0 Å². The number of anilines is 3. The zero-order chi connectivity index (χ0) is 42.4. The summed E-state index contributed by atoms with van der Waals surface area (Å²) in [6, 6.07) is 90.3. The molecule has 12 rings (SSSR count). The lowest BCUT2D eigenvalue weighted by Gasteiger charge is -2.26. The van der Waals surface area contributed by atoms with Crippen LogP contribution < -0.4 is 4.90 Å². The Balaban J connectivity index is 0.963. The SMILES string of the molecule is c1ccc(-c2ccc(-c3ccc(N(c4ccc(-c5cccc6ccccc56)cc4)c4ccc(-c5cccc6c5c(-c5ccccc5)c5c7ccccc7ccn65)cc4)cc3)cc2)cc1. The van der Waals surface area contributed by atoms with Gasteiger partial charge in [0.05, 0.1) is 11.0 Å². The van der Waals surface area contributed by atoms with E-state index in [-0.39, 0.29) is 0 Å². The van der Waals surface area contributed by atoms with E-state index in [1.807, 2.05) is 0 Å². The Morgan fingerprint density at radius 1 is 0.281 bits per heavy atom. The summed E-state index contributed by atoms with van der Waals surface area (Å²) in [4.78, 5) is 2.37. The Kier molecular flexibility index (Phi) is 9.20. The van der Waals surface area contributed by atoms with Crippen LogP contribution in [0.3, 0.4) is 0 Å². The second kappa shape index (κ2) is 15.8. The third-order valence-electron chi connectivity index (χ3n) is 12.8. The molecule has 0 saturated heterocycles. The Hall–Kier alpha value is -8.46. The number of fused-ring (bicyclic) bond motifs is 6. The summed E-state index contributed by atoms with van der Waals surface area (Å²) >= 11 is 0. The van der Waals surface area contributed by atoms with Crippen LogP contribution in [0.2, 0.25) is 0 Å².